The van der Waals surface area contributed by atoms with E-state index in [1.165, 1.54) is 30.6 Å². The Morgan fingerprint density at radius 1 is 1.38 bits per heavy atom. The van der Waals surface area contributed by atoms with Crippen LogP contribution in [0.4, 0.5) is 10.9 Å². The van der Waals surface area contributed by atoms with Crippen LogP contribution in [0.3, 0.4) is 0 Å². The van der Waals surface area contributed by atoms with E-state index in [9.17, 15) is 4.79 Å². The van der Waals surface area contributed by atoms with E-state index >= 15 is 0 Å². The van der Waals surface area contributed by atoms with Gasteiger partial charge in [-0.25, -0.2) is 4.98 Å². The number of piperidine rings is 1. The van der Waals surface area contributed by atoms with Crippen LogP contribution in [0, 0.1) is 0 Å². The van der Waals surface area contributed by atoms with Gasteiger partial charge in [0.15, 0.2) is 5.13 Å². The third-order valence-corrected chi connectivity index (χ3v) is 5.66. The molecule has 0 unspecified atom stereocenters. The minimum absolute atomic E-state index is 0.0277. The highest BCUT2D eigenvalue weighted by molar-refractivity contribution is 7.18. The van der Waals surface area contributed by atoms with Gasteiger partial charge in [0.1, 0.15) is 10.7 Å². The Balaban J connectivity index is 2.20. The number of carbonyl (C=O) groups excluding carboxylic acids is 1. The van der Waals surface area contributed by atoms with Crippen molar-refractivity contribution in [1.82, 2.24) is 9.88 Å². The lowest BCUT2D eigenvalue weighted by Crippen LogP contribution is -2.44. The van der Waals surface area contributed by atoms with Crippen LogP contribution in [0.15, 0.2) is 0 Å². The average molecular weight is 310 g/mol. The first kappa shape index (κ1) is 16.1. The molecule has 0 aliphatic carbocycles. The Kier molecular flexibility index (Phi) is 4.76. The SMILES string of the molecule is CCC(C)(C)N(C)C(=O)c1sc(N2CCCCC2)nc1N. The molecule has 5 nitrogen and oxygen atoms in total. The molecule has 0 atom stereocenters. The molecule has 6 heteroatoms. The van der Waals surface area contributed by atoms with Crippen molar-refractivity contribution in [1.29, 1.82) is 0 Å². The first-order valence-corrected chi connectivity index (χ1v) is 8.48. The minimum atomic E-state index is -0.182. The topological polar surface area (TPSA) is 62.5 Å². The number of anilines is 2. The van der Waals surface area contributed by atoms with E-state index in [2.05, 4.69) is 30.7 Å². The molecule has 118 valence electrons. The number of nitrogens with zero attached hydrogens (tertiary/aromatic N) is 3. The third-order valence-electron chi connectivity index (χ3n) is 4.54. The molecule has 1 aliphatic heterocycles. The van der Waals surface area contributed by atoms with Crippen LogP contribution in [0.5, 0.6) is 0 Å². The van der Waals surface area contributed by atoms with E-state index in [4.69, 9.17) is 5.73 Å². The molecule has 2 N–H and O–H groups in total. The van der Waals surface area contributed by atoms with Crippen molar-refractivity contribution in [3.05, 3.63) is 4.88 Å². The van der Waals surface area contributed by atoms with E-state index in [0.717, 1.165) is 24.6 Å². The van der Waals surface area contributed by atoms with E-state index in [1.54, 1.807) is 4.90 Å². The zero-order valence-electron chi connectivity index (χ0n) is 13.5. The van der Waals surface area contributed by atoms with Crippen molar-refractivity contribution in [2.24, 2.45) is 0 Å². The number of nitrogen functional groups attached to an aromatic ring is 1. The lowest BCUT2D eigenvalue weighted by Gasteiger charge is -2.34. The molecule has 0 radical (unpaired) electrons. The Morgan fingerprint density at radius 3 is 2.57 bits per heavy atom. The summed E-state index contributed by atoms with van der Waals surface area (Å²) in [7, 11) is 1.84. The normalized spacial score (nSPS) is 16.1. The smallest absolute Gasteiger partial charge is 0.268 e. The van der Waals surface area contributed by atoms with Gasteiger partial charge in [-0.2, -0.15) is 0 Å². The molecule has 21 heavy (non-hydrogen) atoms. The number of amides is 1. The van der Waals surface area contributed by atoms with Crippen molar-refractivity contribution in [2.45, 2.75) is 52.0 Å². The van der Waals surface area contributed by atoms with E-state index in [0.29, 0.717) is 10.7 Å². The highest BCUT2D eigenvalue weighted by atomic mass is 32.1. The fourth-order valence-electron chi connectivity index (χ4n) is 2.36. The largest absolute Gasteiger partial charge is 0.382 e. The minimum Gasteiger partial charge on any atom is -0.382 e. The summed E-state index contributed by atoms with van der Waals surface area (Å²) in [5.74, 6) is 0.337. The van der Waals surface area contributed by atoms with E-state index in [1.807, 2.05) is 7.05 Å². The Hall–Kier alpha value is -1.30. The number of rotatable bonds is 4. The van der Waals surface area contributed by atoms with Gasteiger partial charge >= 0.3 is 0 Å². The van der Waals surface area contributed by atoms with Crippen LogP contribution in [-0.2, 0) is 0 Å². The second-order valence-corrected chi connectivity index (χ2v) is 7.27. The van der Waals surface area contributed by atoms with Gasteiger partial charge in [0.2, 0.25) is 0 Å². The van der Waals surface area contributed by atoms with Gasteiger partial charge in [-0.15, -0.1) is 0 Å². The molecular weight excluding hydrogens is 284 g/mol. The van der Waals surface area contributed by atoms with Crippen LogP contribution in [-0.4, -0.2) is 41.5 Å². The third kappa shape index (κ3) is 3.31. The van der Waals surface area contributed by atoms with Crippen molar-refractivity contribution in [3.8, 4) is 0 Å². The molecule has 2 heterocycles. The van der Waals surface area contributed by atoms with Crippen LogP contribution >= 0.6 is 11.3 Å². The molecule has 0 aromatic carbocycles. The van der Waals surface area contributed by atoms with E-state index in [-0.39, 0.29) is 11.4 Å². The number of carbonyl (C=O) groups is 1. The maximum absolute atomic E-state index is 12.7. The summed E-state index contributed by atoms with van der Waals surface area (Å²) in [6.07, 6.45) is 4.54. The van der Waals surface area contributed by atoms with Crippen molar-refractivity contribution < 1.29 is 4.79 Å². The Morgan fingerprint density at radius 2 is 2.00 bits per heavy atom. The number of aromatic nitrogens is 1. The quantitative estimate of drug-likeness (QED) is 0.928. The fraction of sp³-hybridized carbons (Fsp3) is 0.733. The summed E-state index contributed by atoms with van der Waals surface area (Å²) in [5.41, 5.74) is 5.81. The van der Waals surface area contributed by atoms with Crippen molar-refractivity contribution in [2.75, 3.05) is 30.8 Å². The predicted molar refractivity (Wildman–Crippen MR) is 89.1 cm³/mol. The summed E-state index contributed by atoms with van der Waals surface area (Å²) < 4.78 is 0. The van der Waals surface area contributed by atoms with Gasteiger partial charge in [-0.05, 0) is 39.5 Å². The Labute approximate surface area is 131 Å². The molecular formula is C15H26N4OS. The summed E-state index contributed by atoms with van der Waals surface area (Å²) in [4.78, 5) is 21.7. The molecule has 1 aromatic rings. The molecule has 1 fully saturated rings. The number of nitrogens with two attached hydrogens (primary N) is 1. The number of hydrogen-bond acceptors (Lipinski definition) is 5. The zero-order chi connectivity index (χ0) is 15.6. The molecule has 2 rings (SSSR count). The number of thiazole rings is 1. The molecule has 0 bridgehead atoms. The highest BCUT2D eigenvalue weighted by Gasteiger charge is 2.30. The van der Waals surface area contributed by atoms with Gasteiger partial charge in [-0.1, -0.05) is 18.3 Å². The summed E-state index contributed by atoms with van der Waals surface area (Å²) >= 11 is 1.43. The monoisotopic (exact) mass is 310 g/mol. The van der Waals surface area contributed by atoms with Gasteiger partial charge in [0.05, 0.1) is 0 Å². The molecule has 0 saturated carbocycles. The van der Waals surface area contributed by atoms with E-state index < -0.39 is 0 Å². The second kappa shape index (κ2) is 6.22. The van der Waals surface area contributed by atoms with Crippen LogP contribution in [0.1, 0.15) is 56.1 Å². The number of hydrogen-bond donors (Lipinski definition) is 1. The lowest BCUT2D eigenvalue weighted by molar-refractivity contribution is 0.0626. The van der Waals surface area contributed by atoms with Crippen LogP contribution < -0.4 is 10.6 Å². The van der Waals surface area contributed by atoms with Crippen molar-refractivity contribution in [3.63, 3.8) is 0 Å². The second-order valence-electron chi connectivity index (χ2n) is 6.29. The van der Waals surface area contributed by atoms with Crippen LogP contribution in [0.2, 0.25) is 0 Å². The average Bonchev–Trinajstić information content (AvgIpc) is 2.88. The standard InChI is InChI=1S/C15H26N4OS/c1-5-15(2,3)18(4)13(20)11-12(16)17-14(21-11)19-9-7-6-8-10-19/h5-10,16H2,1-4H3. The van der Waals surface area contributed by atoms with Gasteiger partial charge in [-0.3, -0.25) is 4.79 Å². The zero-order valence-corrected chi connectivity index (χ0v) is 14.3. The Bertz CT molecular complexity index is 506. The maximum atomic E-state index is 12.7. The molecule has 0 spiro atoms. The maximum Gasteiger partial charge on any atom is 0.268 e. The highest BCUT2D eigenvalue weighted by Crippen LogP contribution is 2.32. The molecule has 1 saturated heterocycles. The van der Waals surface area contributed by atoms with Crippen LogP contribution in [0.25, 0.3) is 0 Å². The molecule has 1 aromatic heterocycles. The molecule has 1 aliphatic rings. The van der Waals surface area contributed by atoms with Crippen molar-refractivity contribution >= 4 is 28.2 Å². The first-order valence-electron chi connectivity index (χ1n) is 7.66. The predicted octanol–water partition coefficient (Wildman–Crippen LogP) is 2.98. The first-order chi connectivity index (χ1) is 9.86. The van der Waals surface area contributed by atoms with Gasteiger partial charge in [0.25, 0.3) is 5.91 Å². The van der Waals surface area contributed by atoms with Gasteiger partial charge < -0.3 is 15.5 Å². The summed E-state index contributed by atoms with van der Waals surface area (Å²) in [5, 5.41) is 0.887. The summed E-state index contributed by atoms with van der Waals surface area (Å²) in [6, 6.07) is 0. The lowest BCUT2D eigenvalue weighted by atomic mass is 10.00. The molecule has 1 amide bonds. The fourth-order valence-corrected chi connectivity index (χ4v) is 3.37. The van der Waals surface area contributed by atoms with Gasteiger partial charge in [0, 0.05) is 25.7 Å². The summed E-state index contributed by atoms with van der Waals surface area (Å²) in [6.45, 7) is 8.23.